The fourth-order valence-electron chi connectivity index (χ4n) is 2.56. The molecule has 2 aromatic rings. The molecule has 0 saturated heterocycles. The third-order valence-corrected chi connectivity index (χ3v) is 5.50. The standard InChI is InChI=1S/C14H16N4O3S2/c1-9-16-17-14(22-9)15-13(19)11-5-6-12-10(8-11)4-3-7-18(12)23(2,20)21/h5-6,8H,3-4,7H2,1-2H3,(H,15,17,19). The van der Waals surface area contributed by atoms with E-state index in [1.54, 1.807) is 18.2 Å². The molecule has 0 aliphatic carbocycles. The van der Waals surface area contributed by atoms with Crippen molar-refractivity contribution in [1.29, 1.82) is 0 Å². The van der Waals surface area contributed by atoms with Crippen molar-refractivity contribution in [3.63, 3.8) is 0 Å². The Labute approximate surface area is 138 Å². The van der Waals surface area contributed by atoms with E-state index in [1.807, 2.05) is 6.92 Å². The summed E-state index contributed by atoms with van der Waals surface area (Å²) in [5.41, 5.74) is 2.00. The van der Waals surface area contributed by atoms with Crippen LogP contribution in [0.15, 0.2) is 18.2 Å². The Morgan fingerprint density at radius 3 is 2.78 bits per heavy atom. The summed E-state index contributed by atoms with van der Waals surface area (Å²) in [6, 6.07) is 5.07. The first kappa shape index (κ1) is 15.9. The number of benzene rings is 1. The van der Waals surface area contributed by atoms with Gasteiger partial charge in [0.2, 0.25) is 15.2 Å². The first-order valence-electron chi connectivity index (χ1n) is 7.07. The molecule has 0 saturated carbocycles. The molecule has 1 aromatic carbocycles. The Bertz CT molecular complexity index is 861. The minimum Gasteiger partial charge on any atom is -0.296 e. The smallest absolute Gasteiger partial charge is 0.257 e. The van der Waals surface area contributed by atoms with Gasteiger partial charge >= 0.3 is 0 Å². The lowest BCUT2D eigenvalue weighted by Crippen LogP contribution is -2.34. The molecule has 7 nitrogen and oxygen atoms in total. The third kappa shape index (κ3) is 3.35. The Kier molecular flexibility index (Phi) is 4.07. The number of nitrogens with one attached hydrogen (secondary N) is 1. The summed E-state index contributed by atoms with van der Waals surface area (Å²) in [4.78, 5) is 12.3. The number of nitrogens with zero attached hydrogens (tertiary/aromatic N) is 3. The fourth-order valence-corrected chi connectivity index (χ4v) is 4.15. The molecule has 0 radical (unpaired) electrons. The molecule has 2 heterocycles. The molecule has 1 N–H and O–H groups in total. The summed E-state index contributed by atoms with van der Waals surface area (Å²) in [6.45, 7) is 2.29. The van der Waals surface area contributed by atoms with Crippen LogP contribution in [-0.2, 0) is 16.4 Å². The van der Waals surface area contributed by atoms with Crippen molar-refractivity contribution in [2.75, 3.05) is 22.4 Å². The quantitative estimate of drug-likeness (QED) is 0.909. The van der Waals surface area contributed by atoms with Gasteiger partial charge in [0.05, 0.1) is 11.9 Å². The number of aryl methyl sites for hydroxylation is 2. The predicted octanol–water partition coefficient (Wildman–Crippen LogP) is 1.81. The molecule has 122 valence electrons. The van der Waals surface area contributed by atoms with Crippen LogP contribution in [0.25, 0.3) is 0 Å². The van der Waals surface area contributed by atoms with Gasteiger partial charge in [-0.2, -0.15) is 0 Å². The van der Waals surface area contributed by atoms with Gasteiger partial charge in [-0.15, -0.1) is 10.2 Å². The fraction of sp³-hybridized carbons (Fsp3) is 0.357. The maximum atomic E-state index is 12.3. The van der Waals surface area contributed by atoms with Gasteiger partial charge in [0.25, 0.3) is 5.91 Å². The van der Waals surface area contributed by atoms with Gasteiger partial charge in [-0.1, -0.05) is 11.3 Å². The van der Waals surface area contributed by atoms with Crippen LogP contribution in [0.1, 0.15) is 27.3 Å². The van der Waals surface area contributed by atoms with Crippen LogP contribution in [0, 0.1) is 6.92 Å². The molecular weight excluding hydrogens is 336 g/mol. The number of aromatic nitrogens is 2. The minimum atomic E-state index is -3.30. The van der Waals surface area contributed by atoms with E-state index < -0.39 is 10.0 Å². The number of hydrogen-bond donors (Lipinski definition) is 1. The van der Waals surface area contributed by atoms with Crippen molar-refractivity contribution < 1.29 is 13.2 Å². The van der Waals surface area contributed by atoms with E-state index in [0.29, 0.717) is 22.9 Å². The molecule has 1 aliphatic rings. The average Bonchev–Trinajstić information content (AvgIpc) is 2.90. The molecule has 1 aliphatic heterocycles. The van der Waals surface area contributed by atoms with Crippen molar-refractivity contribution in [2.45, 2.75) is 19.8 Å². The van der Waals surface area contributed by atoms with Crippen LogP contribution in [0.5, 0.6) is 0 Å². The van der Waals surface area contributed by atoms with Crippen molar-refractivity contribution in [3.8, 4) is 0 Å². The zero-order valence-electron chi connectivity index (χ0n) is 12.7. The number of sulfonamides is 1. The molecule has 1 amide bonds. The summed E-state index contributed by atoms with van der Waals surface area (Å²) >= 11 is 1.30. The normalized spacial score (nSPS) is 14.4. The van der Waals surface area contributed by atoms with Crippen LogP contribution in [-0.4, -0.2) is 37.3 Å². The van der Waals surface area contributed by atoms with E-state index in [0.717, 1.165) is 23.4 Å². The van der Waals surface area contributed by atoms with Gasteiger partial charge in [-0.05, 0) is 43.5 Å². The molecule has 9 heteroatoms. The van der Waals surface area contributed by atoms with Crippen LogP contribution >= 0.6 is 11.3 Å². The maximum Gasteiger partial charge on any atom is 0.257 e. The monoisotopic (exact) mass is 352 g/mol. The summed E-state index contributed by atoms with van der Waals surface area (Å²) < 4.78 is 25.1. The summed E-state index contributed by atoms with van der Waals surface area (Å²) in [7, 11) is -3.30. The summed E-state index contributed by atoms with van der Waals surface area (Å²) in [5, 5.41) is 11.6. The van der Waals surface area contributed by atoms with E-state index in [4.69, 9.17) is 0 Å². The SMILES string of the molecule is Cc1nnc(NC(=O)c2ccc3c(c2)CCCN3S(C)(=O)=O)s1. The van der Waals surface area contributed by atoms with Crippen molar-refractivity contribution in [3.05, 3.63) is 34.3 Å². The van der Waals surface area contributed by atoms with E-state index >= 15 is 0 Å². The highest BCUT2D eigenvalue weighted by Gasteiger charge is 2.24. The summed E-state index contributed by atoms with van der Waals surface area (Å²) in [6.07, 6.45) is 2.68. The molecule has 23 heavy (non-hydrogen) atoms. The Balaban J connectivity index is 1.87. The number of carbonyl (C=O) groups is 1. The second kappa shape index (κ2) is 5.89. The lowest BCUT2D eigenvalue weighted by molar-refractivity contribution is 0.102. The number of hydrogen-bond acceptors (Lipinski definition) is 6. The number of amides is 1. The number of anilines is 2. The molecule has 0 spiro atoms. The summed E-state index contributed by atoms with van der Waals surface area (Å²) in [5.74, 6) is -0.277. The topological polar surface area (TPSA) is 92.3 Å². The Hall–Kier alpha value is -2.00. The molecule has 1 aromatic heterocycles. The van der Waals surface area contributed by atoms with E-state index in [-0.39, 0.29) is 5.91 Å². The number of fused-ring (bicyclic) bond motifs is 1. The van der Waals surface area contributed by atoms with Gasteiger partial charge in [-0.25, -0.2) is 8.42 Å². The van der Waals surface area contributed by atoms with Gasteiger partial charge < -0.3 is 0 Å². The van der Waals surface area contributed by atoms with Crippen molar-refractivity contribution >= 4 is 38.1 Å². The van der Waals surface area contributed by atoms with Crippen molar-refractivity contribution in [1.82, 2.24) is 10.2 Å². The molecule has 0 unspecified atom stereocenters. The number of rotatable bonds is 3. The highest BCUT2D eigenvalue weighted by molar-refractivity contribution is 7.92. The lowest BCUT2D eigenvalue weighted by Gasteiger charge is -2.29. The molecular formula is C14H16N4O3S2. The van der Waals surface area contributed by atoms with Crippen LogP contribution in [0.4, 0.5) is 10.8 Å². The molecule has 0 atom stereocenters. The first-order chi connectivity index (χ1) is 10.8. The molecule has 0 fully saturated rings. The van der Waals surface area contributed by atoms with Gasteiger partial charge in [0, 0.05) is 12.1 Å². The van der Waals surface area contributed by atoms with Crippen LogP contribution in [0.3, 0.4) is 0 Å². The lowest BCUT2D eigenvalue weighted by atomic mass is 10.0. The maximum absolute atomic E-state index is 12.3. The molecule has 3 rings (SSSR count). The highest BCUT2D eigenvalue weighted by atomic mass is 32.2. The highest BCUT2D eigenvalue weighted by Crippen LogP contribution is 2.30. The third-order valence-electron chi connectivity index (χ3n) is 3.56. The van der Waals surface area contributed by atoms with Gasteiger partial charge in [0.1, 0.15) is 5.01 Å². The Morgan fingerprint density at radius 1 is 1.35 bits per heavy atom. The van der Waals surface area contributed by atoms with E-state index in [1.165, 1.54) is 21.9 Å². The van der Waals surface area contributed by atoms with Crippen LogP contribution in [0.2, 0.25) is 0 Å². The minimum absolute atomic E-state index is 0.277. The predicted molar refractivity (Wildman–Crippen MR) is 89.6 cm³/mol. The second-order valence-electron chi connectivity index (χ2n) is 5.36. The Morgan fingerprint density at radius 2 is 2.13 bits per heavy atom. The zero-order valence-corrected chi connectivity index (χ0v) is 14.4. The first-order valence-corrected chi connectivity index (χ1v) is 9.73. The second-order valence-corrected chi connectivity index (χ2v) is 8.45. The number of carbonyl (C=O) groups excluding carboxylic acids is 1. The van der Waals surface area contributed by atoms with Crippen molar-refractivity contribution in [2.24, 2.45) is 0 Å². The van der Waals surface area contributed by atoms with E-state index in [2.05, 4.69) is 15.5 Å². The van der Waals surface area contributed by atoms with Gasteiger partial charge in [0.15, 0.2) is 0 Å². The average molecular weight is 352 g/mol. The van der Waals surface area contributed by atoms with Gasteiger partial charge in [-0.3, -0.25) is 14.4 Å². The largest absolute Gasteiger partial charge is 0.296 e. The van der Waals surface area contributed by atoms with E-state index in [9.17, 15) is 13.2 Å². The van der Waals surface area contributed by atoms with Crippen LogP contribution < -0.4 is 9.62 Å². The zero-order chi connectivity index (χ0) is 16.6. The molecule has 0 bridgehead atoms.